The first-order valence-electron chi connectivity index (χ1n) is 9.22. The number of nitrogens with zero attached hydrogens (tertiary/aromatic N) is 2. The van der Waals surface area contributed by atoms with Crippen LogP contribution < -0.4 is 20.1 Å². The Hall–Kier alpha value is -1.26. The van der Waals surface area contributed by atoms with Crippen LogP contribution in [-0.2, 0) is 4.74 Å². The third-order valence-corrected chi connectivity index (χ3v) is 4.29. The second-order valence-corrected chi connectivity index (χ2v) is 6.22. The Morgan fingerprint density at radius 2 is 1.89 bits per heavy atom. The highest BCUT2D eigenvalue weighted by atomic mass is 127. The smallest absolute Gasteiger partial charge is 0.195 e. The molecule has 0 aromatic heterocycles. The number of hydrogen-bond acceptors (Lipinski definition) is 5. The molecule has 1 saturated carbocycles. The Morgan fingerprint density at radius 1 is 1.15 bits per heavy atom. The van der Waals surface area contributed by atoms with Gasteiger partial charge in [0.1, 0.15) is 0 Å². The quantitative estimate of drug-likeness (QED) is 0.282. The standard InChI is InChI=1S/C19H32N4O3.HI/c1-5-20-19(21-10-11-23(12-13-24-2)16-7-8-16)22-15-6-9-17(25-3)18(14-15)26-4;/h6,9,14,16H,5,7-8,10-13H2,1-4H3,(H2,20,21,22);1H. The van der Waals surface area contributed by atoms with Crippen LogP contribution in [0, 0.1) is 0 Å². The summed E-state index contributed by atoms with van der Waals surface area (Å²) in [4.78, 5) is 7.17. The van der Waals surface area contributed by atoms with E-state index in [0.29, 0.717) is 17.5 Å². The highest BCUT2D eigenvalue weighted by Gasteiger charge is 2.28. The Morgan fingerprint density at radius 3 is 2.48 bits per heavy atom. The maximum atomic E-state index is 5.36. The fraction of sp³-hybridized carbons (Fsp3) is 0.632. The zero-order valence-corrected chi connectivity index (χ0v) is 19.1. The van der Waals surface area contributed by atoms with E-state index in [0.717, 1.165) is 44.4 Å². The average Bonchev–Trinajstić information content (AvgIpc) is 3.49. The molecule has 1 aliphatic carbocycles. The minimum Gasteiger partial charge on any atom is -0.493 e. The van der Waals surface area contributed by atoms with Gasteiger partial charge < -0.3 is 24.8 Å². The summed E-state index contributed by atoms with van der Waals surface area (Å²) in [5.41, 5.74) is 0.904. The summed E-state index contributed by atoms with van der Waals surface area (Å²) in [5, 5.41) is 6.61. The molecule has 1 aromatic rings. The molecule has 154 valence electrons. The lowest BCUT2D eigenvalue weighted by Crippen LogP contribution is -2.34. The maximum Gasteiger partial charge on any atom is 0.195 e. The Labute approximate surface area is 179 Å². The number of ether oxygens (including phenoxy) is 3. The van der Waals surface area contributed by atoms with Gasteiger partial charge in [-0.3, -0.25) is 9.89 Å². The van der Waals surface area contributed by atoms with Gasteiger partial charge in [0.05, 0.1) is 27.4 Å². The third-order valence-electron chi connectivity index (χ3n) is 4.29. The van der Waals surface area contributed by atoms with Crippen molar-refractivity contribution in [1.82, 2.24) is 10.2 Å². The topological polar surface area (TPSA) is 67.4 Å². The van der Waals surface area contributed by atoms with Gasteiger partial charge in [0.2, 0.25) is 0 Å². The van der Waals surface area contributed by atoms with Crippen LogP contribution in [0.1, 0.15) is 19.8 Å². The lowest BCUT2D eigenvalue weighted by Gasteiger charge is -2.20. The first kappa shape index (κ1) is 23.8. The highest BCUT2D eigenvalue weighted by Crippen LogP contribution is 2.29. The molecule has 0 spiro atoms. The molecule has 2 rings (SSSR count). The van der Waals surface area contributed by atoms with Gasteiger partial charge >= 0.3 is 0 Å². The Balaban J connectivity index is 0.00000364. The van der Waals surface area contributed by atoms with E-state index < -0.39 is 0 Å². The zero-order valence-electron chi connectivity index (χ0n) is 16.8. The van der Waals surface area contributed by atoms with Crippen molar-refractivity contribution in [2.75, 3.05) is 59.4 Å². The van der Waals surface area contributed by atoms with Crippen molar-refractivity contribution in [1.29, 1.82) is 0 Å². The highest BCUT2D eigenvalue weighted by molar-refractivity contribution is 14.0. The van der Waals surface area contributed by atoms with E-state index in [9.17, 15) is 0 Å². The lowest BCUT2D eigenvalue weighted by molar-refractivity contribution is 0.145. The fourth-order valence-corrected chi connectivity index (χ4v) is 2.77. The van der Waals surface area contributed by atoms with E-state index in [4.69, 9.17) is 19.2 Å². The summed E-state index contributed by atoms with van der Waals surface area (Å²) in [6.45, 7) is 6.27. The predicted molar refractivity (Wildman–Crippen MR) is 121 cm³/mol. The molecule has 0 atom stereocenters. The van der Waals surface area contributed by atoms with E-state index in [1.54, 1.807) is 21.3 Å². The van der Waals surface area contributed by atoms with E-state index in [1.165, 1.54) is 12.8 Å². The summed E-state index contributed by atoms with van der Waals surface area (Å²) in [7, 11) is 5.01. The van der Waals surface area contributed by atoms with Crippen LogP contribution in [-0.4, -0.2) is 71.0 Å². The Kier molecular flexibility index (Phi) is 11.5. The molecule has 1 aliphatic rings. The molecule has 0 radical (unpaired) electrons. The normalized spacial score (nSPS) is 13.9. The van der Waals surface area contributed by atoms with Crippen LogP contribution in [0.5, 0.6) is 11.5 Å². The van der Waals surface area contributed by atoms with Crippen LogP contribution >= 0.6 is 24.0 Å². The van der Waals surface area contributed by atoms with Crippen molar-refractivity contribution >= 4 is 35.6 Å². The van der Waals surface area contributed by atoms with Gasteiger partial charge in [0, 0.05) is 44.5 Å². The van der Waals surface area contributed by atoms with Crippen molar-refractivity contribution < 1.29 is 14.2 Å². The summed E-state index contributed by atoms with van der Waals surface area (Å²) >= 11 is 0. The first-order valence-corrected chi connectivity index (χ1v) is 9.22. The number of halogens is 1. The van der Waals surface area contributed by atoms with Gasteiger partial charge in [0.15, 0.2) is 17.5 Å². The molecule has 1 aromatic carbocycles. The van der Waals surface area contributed by atoms with E-state index in [2.05, 4.69) is 22.5 Å². The molecule has 0 saturated heterocycles. The lowest BCUT2D eigenvalue weighted by atomic mass is 10.3. The Bertz CT molecular complexity index is 582. The van der Waals surface area contributed by atoms with Crippen LogP contribution in [0.4, 0.5) is 5.69 Å². The van der Waals surface area contributed by atoms with Crippen LogP contribution in [0.3, 0.4) is 0 Å². The van der Waals surface area contributed by atoms with E-state index >= 15 is 0 Å². The molecule has 8 heteroatoms. The molecule has 0 aliphatic heterocycles. The van der Waals surface area contributed by atoms with Gasteiger partial charge in [-0.1, -0.05) is 0 Å². The molecule has 0 amide bonds. The third kappa shape index (κ3) is 8.10. The molecule has 2 N–H and O–H groups in total. The number of rotatable bonds is 11. The predicted octanol–water partition coefficient (Wildman–Crippen LogP) is 2.81. The molecule has 0 heterocycles. The minimum absolute atomic E-state index is 0. The largest absolute Gasteiger partial charge is 0.493 e. The molecular formula is C19H33IN4O3. The van der Waals surface area contributed by atoms with Gasteiger partial charge in [-0.05, 0) is 31.9 Å². The van der Waals surface area contributed by atoms with Gasteiger partial charge in [0.25, 0.3) is 0 Å². The summed E-state index contributed by atoms with van der Waals surface area (Å²) in [5.74, 6) is 2.16. The fourth-order valence-electron chi connectivity index (χ4n) is 2.77. The number of nitrogens with one attached hydrogen (secondary N) is 2. The summed E-state index contributed by atoms with van der Waals surface area (Å²) < 4.78 is 15.9. The average molecular weight is 492 g/mol. The zero-order chi connectivity index (χ0) is 18.8. The SMILES string of the molecule is CCNC(=NCCN(CCOC)C1CC1)Nc1ccc(OC)c(OC)c1.I. The number of benzene rings is 1. The minimum atomic E-state index is 0. The second-order valence-electron chi connectivity index (χ2n) is 6.22. The first-order chi connectivity index (χ1) is 12.7. The van der Waals surface area contributed by atoms with Crippen molar-refractivity contribution in [2.45, 2.75) is 25.8 Å². The maximum absolute atomic E-state index is 5.36. The summed E-state index contributed by atoms with van der Waals surface area (Å²) in [6, 6.07) is 6.44. The second kappa shape index (κ2) is 13.0. The number of hydrogen-bond donors (Lipinski definition) is 2. The molecular weight excluding hydrogens is 459 g/mol. The molecule has 0 unspecified atom stereocenters. The molecule has 27 heavy (non-hydrogen) atoms. The van der Waals surface area contributed by atoms with E-state index in [-0.39, 0.29) is 24.0 Å². The number of methoxy groups -OCH3 is 3. The van der Waals surface area contributed by atoms with Gasteiger partial charge in [-0.2, -0.15) is 0 Å². The monoisotopic (exact) mass is 492 g/mol. The van der Waals surface area contributed by atoms with Crippen LogP contribution in [0.2, 0.25) is 0 Å². The van der Waals surface area contributed by atoms with Crippen LogP contribution in [0.25, 0.3) is 0 Å². The molecule has 7 nitrogen and oxygen atoms in total. The van der Waals surface area contributed by atoms with Crippen molar-refractivity contribution in [3.63, 3.8) is 0 Å². The van der Waals surface area contributed by atoms with Crippen LogP contribution in [0.15, 0.2) is 23.2 Å². The van der Waals surface area contributed by atoms with Gasteiger partial charge in [-0.25, -0.2) is 0 Å². The number of aliphatic imine (C=N–C) groups is 1. The molecule has 0 bridgehead atoms. The number of anilines is 1. The van der Waals surface area contributed by atoms with Gasteiger partial charge in [-0.15, -0.1) is 24.0 Å². The van der Waals surface area contributed by atoms with Crippen molar-refractivity contribution in [3.05, 3.63) is 18.2 Å². The molecule has 1 fully saturated rings. The van der Waals surface area contributed by atoms with E-state index in [1.807, 2.05) is 18.2 Å². The van der Waals surface area contributed by atoms with Crippen molar-refractivity contribution in [3.8, 4) is 11.5 Å². The number of guanidine groups is 1. The summed E-state index contributed by atoms with van der Waals surface area (Å²) in [6.07, 6.45) is 2.58. The van der Waals surface area contributed by atoms with Crippen molar-refractivity contribution in [2.24, 2.45) is 4.99 Å².